The minimum Gasteiger partial charge on any atom is -0.478 e. The fourth-order valence-corrected chi connectivity index (χ4v) is 3.03. The molecule has 0 fully saturated rings. The van der Waals surface area contributed by atoms with Crippen molar-refractivity contribution in [3.8, 4) is 11.1 Å². The van der Waals surface area contributed by atoms with Crippen LogP contribution in [0, 0.1) is 0 Å². The first-order valence-corrected chi connectivity index (χ1v) is 8.99. The molecule has 0 amide bonds. The lowest BCUT2D eigenvalue weighted by atomic mass is 9.93. The summed E-state index contributed by atoms with van der Waals surface area (Å²) in [6.45, 7) is 0. The highest BCUT2D eigenvalue weighted by Gasteiger charge is 2.26. The van der Waals surface area contributed by atoms with E-state index in [9.17, 15) is 39.3 Å². The molecule has 0 bridgehead atoms. The molecule has 3 aromatic carbocycles. The Bertz CT molecular complexity index is 1260. The second kappa shape index (κ2) is 8.92. The van der Waals surface area contributed by atoms with Gasteiger partial charge in [0.05, 0.1) is 27.8 Å². The molecular weight excluding hydrogens is 420 g/mol. The van der Waals surface area contributed by atoms with E-state index < -0.39 is 52.1 Å². The summed E-state index contributed by atoms with van der Waals surface area (Å²) >= 11 is 0. The van der Waals surface area contributed by atoms with Crippen LogP contribution in [-0.2, 0) is 4.74 Å². The quantitative estimate of drug-likeness (QED) is 0.391. The van der Waals surface area contributed by atoms with Gasteiger partial charge >= 0.3 is 29.8 Å². The third-order valence-corrected chi connectivity index (χ3v) is 4.49. The SMILES string of the molecule is O=C(OC(=O)c1c(C(=O)O)cccc1-c1ccc(C(=O)O)c(C(=O)O)c1)c1ccccc1. The minimum absolute atomic E-state index is 0.0461. The van der Waals surface area contributed by atoms with E-state index in [2.05, 4.69) is 0 Å². The number of rotatable bonds is 6. The molecule has 0 saturated carbocycles. The number of carbonyl (C=O) groups excluding carboxylic acids is 2. The molecular formula is C23H14O9. The van der Waals surface area contributed by atoms with Crippen molar-refractivity contribution in [1.29, 1.82) is 0 Å². The normalized spacial score (nSPS) is 10.2. The second-order valence-electron chi connectivity index (χ2n) is 6.45. The molecule has 0 saturated heterocycles. The Kier molecular flexibility index (Phi) is 6.11. The van der Waals surface area contributed by atoms with Gasteiger partial charge in [0.15, 0.2) is 0 Å². The van der Waals surface area contributed by atoms with Crippen LogP contribution in [0.3, 0.4) is 0 Å². The first-order chi connectivity index (χ1) is 15.2. The number of carboxylic acids is 3. The fraction of sp³-hybridized carbons (Fsp3) is 0. The van der Waals surface area contributed by atoms with Crippen molar-refractivity contribution in [3.05, 3.63) is 94.5 Å². The Morgan fingerprint density at radius 1 is 0.594 bits per heavy atom. The number of hydrogen-bond donors (Lipinski definition) is 3. The highest BCUT2D eigenvalue weighted by Crippen LogP contribution is 2.29. The van der Waals surface area contributed by atoms with Gasteiger partial charge in [0, 0.05) is 0 Å². The van der Waals surface area contributed by atoms with Crippen LogP contribution < -0.4 is 0 Å². The Balaban J connectivity index is 2.14. The summed E-state index contributed by atoms with van der Waals surface area (Å²) in [6.07, 6.45) is 0. The van der Waals surface area contributed by atoms with E-state index in [-0.39, 0.29) is 16.7 Å². The molecule has 0 radical (unpaired) electrons. The summed E-state index contributed by atoms with van der Waals surface area (Å²) in [5, 5.41) is 28.1. The maximum atomic E-state index is 12.8. The summed E-state index contributed by atoms with van der Waals surface area (Å²) < 4.78 is 4.86. The number of hydrogen-bond acceptors (Lipinski definition) is 6. The number of carboxylic acid groups (broad SMARTS) is 3. The number of ether oxygens (including phenoxy) is 1. The lowest BCUT2D eigenvalue weighted by molar-refractivity contribution is 0.0391. The van der Waals surface area contributed by atoms with Crippen LogP contribution in [-0.4, -0.2) is 45.2 Å². The van der Waals surface area contributed by atoms with Crippen molar-refractivity contribution in [2.45, 2.75) is 0 Å². The zero-order chi connectivity index (χ0) is 23.4. The van der Waals surface area contributed by atoms with Crippen LogP contribution in [0.2, 0.25) is 0 Å². The molecule has 3 aromatic rings. The lowest BCUT2D eigenvalue weighted by Crippen LogP contribution is -2.17. The molecule has 0 aliphatic rings. The van der Waals surface area contributed by atoms with Crippen molar-refractivity contribution in [1.82, 2.24) is 0 Å². The van der Waals surface area contributed by atoms with E-state index in [1.54, 1.807) is 18.2 Å². The summed E-state index contributed by atoms with van der Waals surface area (Å²) in [5.41, 5.74) is -1.94. The van der Waals surface area contributed by atoms with Gasteiger partial charge in [-0.05, 0) is 41.5 Å². The molecule has 9 heteroatoms. The molecule has 160 valence electrons. The number of carbonyl (C=O) groups is 5. The first-order valence-electron chi connectivity index (χ1n) is 8.99. The van der Waals surface area contributed by atoms with Crippen LogP contribution in [0.4, 0.5) is 0 Å². The maximum Gasteiger partial charge on any atom is 0.347 e. The van der Waals surface area contributed by atoms with Crippen LogP contribution >= 0.6 is 0 Å². The van der Waals surface area contributed by atoms with Gasteiger partial charge in [0.2, 0.25) is 0 Å². The monoisotopic (exact) mass is 434 g/mol. The van der Waals surface area contributed by atoms with Crippen molar-refractivity contribution in [2.24, 2.45) is 0 Å². The van der Waals surface area contributed by atoms with E-state index >= 15 is 0 Å². The first kappa shape index (κ1) is 21.9. The minimum atomic E-state index is -1.53. The van der Waals surface area contributed by atoms with E-state index in [0.717, 1.165) is 18.2 Å². The highest BCUT2D eigenvalue weighted by molar-refractivity contribution is 6.12. The van der Waals surface area contributed by atoms with Gasteiger partial charge in [0.25, 0.3) is 0 Å². The zero-order valence-electron chi connectivity index (χ0n) is 16.1. The third-order valence-electron chi connectivity index (χ3n) is 4.49. The Morgan fingerprint density at radius 3 is 1.81 bits per heavy atom. The number of aromatic carboxylic acids is 3. The van der Waals surface area contributed by atoms with Crippen LogP contribution in [0.1, 0.15) is 51.8 Å². The van der Waals surface area contributed by atoms with Gasteiger partial charge in [-0.25, -0.2) is 24.0 Å². The van der Waals surface area contributed by atoms with Crippen molar-refractivity contribution >= 4 is 29.8 Å². The molecule has 0 heterocycles. The Labute approximate surface area is 180 Å². The van der Waals surface area contributed by atoms with E-state index in [0.29, 0.717) is 0 Å². The summed E-state index contributed by atoms with van der Waals surface area (Å²) in [4.78, 5) is 59.6. The molecule has 3 rings (SSSR count). The Hall–Kier alpha value is -4.79. The maximum absolute atomic E-state index is 12.8. The van der Waals surface area contributed by atoms with Gasteiger partial charge in [0.1, 0.15) is 0 Å². The fourth-order valence-electron chi connectivity index (χ4n) is 3.03. The van der Waals surface area contributed by atoms with E-state index in [1.165, 1.54) is 30.3 Å². The molecule has 0 atom stereocenters. The molecule has 0 aliphatic carbocycles. The molecule has 32 heavy (non-hydrogen) atoms. The van der Waals surface area contributed by atoms with Gasteiger partial charge in [-0.1, -0.05) is 36.4 Å². The predicted octanol–water partition coefficient (Wildman–Crippen LogP) is 3.45. The highest BCUT2D eigenvalue weighted by atomic mass is 16.6. The number of benzene rings is 3. The third kappa shape index (κ3) is 4.36. The largest absolute Gasteiger partial charge is 0.478 e. The van der Waals surface area contributed by atoms with E-state index in [4.69, 9.17) is 4.74 Å². The molecule has 3 N–H and O–H groups in total. The summed E-state index contributed by atoms with van der Waals surface area (Å²) in [5.74, 6) is -6.74. The smallest absolute Gasteiger partial charge is 0.347 e. The predicted molar refractivity (Wildman–Crippen MR) is 109 cm³/mol. The van der Waals surface area contributed by atoms with Gasteiger partial charge in [-0.3, -0.25) is 0 Å². The van der Waals surface area contributed by atoms with E-state index in [1.807, 2.05) is 0 Å². The average molecular weight is 434 g/mol. The topological polar surface area (TPSA) is 155 Å². The zero-order valence-corrected chi connectivity index (χ0v) is 16.1. The summed E-state index contributed by atoms with van der Waals surface area (Å²) in [6, 6.07) is 14.6. The molecule has 9 nitrogen and oxygen atoms in total. The van der Waals surface area contributed by atoms with Gasteiger partial charge < -0.3 is 20.1 Å². The van der Waals surface area contributed by atoms with Crippen LogP contribution in [0.5, 0.6) is 0 Å². The lowest BCUT2D eigenvalue weighted by Gasteiger charge is -2.13. The van der Waals surface area contributed by atoms with Crippen molar-refractivity contribution in [2.75, 3.05) is 0 Å². The molecule has 0 aliphatic heterocycles. The van der Waals surface area contributed by atoms with Crippen LogP contribution in [0.25, 0.3) is 11.1 Å². The average Bonchev–Trinajstić information content (AvgIpc) is 2.78. The van der Waals surface area contributed by atoms with Crippen molar-refractivity contribution in [3.63, 3.8) is 0 Å². The second-order valence-corrected chi connectivity index (χ2v) is 6.45. The Morgan fingerprint density at radius 2 is 1.22 bits per heavy atom. The molecule has 0 unspecified atom stereocenters. The van der Waals surface area contributed by atoms with Crippen molar-refractivity contribution < 1.29 is 44.0 Å². The molecule has 0 spiro atoms. The van der Waals surface area contributed by atoms with Gasteiger partial charge in [-0.2, -0.15) is 0 Å². The van der Waals surface area contributed by atoms with Gasteiger partial charge in [-0.15, -0.1) is 0 Å². The number of esters is 2. The van der Waals surface area contributed by atoms with Crippen LogP contribution in [0.15, 0.2) is 66.7 Å². The standard InChI is InChI=1S/C23H14O9/c24-19(25)15-10-9-13(11-17(15)21(28)29)14-7-4-8-16(20(26)27)18(14)23(31)32-22(30)12-5-2-1-3-6-12/h1-11H,(H,24,25)(H,26,27)(H,28,29). The molecule has 0 aromatic heterocycles. The summed E-state index contributed by atoms with van der Waals surface area (Å²) in [7, 11) is 0.